The van der Waals surface area contributed by atoms with E-state index in [1.54, 1.807) is 0 Å². The van der Waals surface area contributed by atoms with Crippen LogP contribution in [0.3, 0.4) is 0 Å². The molecule has 5 aliphatic carbocycles. The van der Waals surface area contributed by atoms with Crippen LogP contribution in [0.1, 0.15) is 113 Å². The standard InChI is InChI=1S/C30H50O4/c1-25(2,34)18-11-15-27(4)22-10-9-21-26(3)13-8-14-28(5,24(32)33)20(26)12-16-29(21,6)30(22,7)17-19(31)23(18)27/h18-23,31,34H,8-17H2,1-7H3,(H,32,33)/t18-,19+,20-,21-,22-,23-,26+,27-,28-,29-,30-/m1/s1. The molecule has 11 atom stereocenters. The Morgan fingerprint density at radius 3 is 2.00 bits per heavy atom. The average Bonchev–Trinajstić information content (AvgIpc) is 3.07. The van der Waals surface area contributed by atoms with E-state index in [0.717, 1.165) is 51.4 Å². The predicted molar refractivity (Wildman–Crippen MR) is 134 cm³/mol. The monoisotopic (exact) mass is 474 g/mol. The first-order valence-corrected chi connectivity index (χ1v) is 14.2. The van der Waals surface area contributed by atoms with Gasteiger partial charge in [0.05, 0.1) is 17.1 Å². The van der Waals surface area contributed by atoms with E-state index in [1.165, 1.54) is 12.8 Å². The van der Waals surface area contributed by atoms with Gasteiger partial charge in [0.1, 0.15) is 0 Å². The second-order valence-corrected chi connectivity index (χ2v) is 15.3. The summed E-state index contributed by atoms with van der Waals surface area (Å²) in [6.45, 7) is 15.8. The molecule has 0 aliphatic heterocycles. The summed E-state index contributed by atoms with van der Waals surface area (Å²) in [6.07, 6.45) is 9.97. The molecule has 0 bridgehead atoms. The number of fused-ring (bicyclic) bond motifs is 7. The third kappa shape index (κ3) is 2.88. The van der Waals surface area contributed by atoms with E-state index in [1.807, 2.05) is 20.8 Å². The molecule has 0 unspecified atom stereocenters. The summed E-state index contributed by atoms with van der Waals surface area (Å²) in [6, 6.07) is 0. The maximum atomic E-state index is 12.5. The lowest BCUT2D eigenvalue weighted by atomic mass is 9.31. The van der Waals surface area contributed by atoms with Gasteiger partial charge in [-0.05, 0) is 130 Å². The Bertz CT molecular complexity index is 862. The third-order valence-electron chi connectivity index (χ3n) is 13.7. The second kappa shape index (κ2) is 7.24. The lowest BCUT2D eigenvalue weighted by Gasteiger charge is -2.73. The van der Waals surface area contributed by atoms with Gasteiger partial charge in [-0.15, -0.1) is 0 Å². The summed E-state index contributed by atoms with van der Waals surface area (Å²) in [5.41, 5.74) is -1.10. The molecule has 0 aromatic carbocycles. The van der Waals surface area contributed by atoms with Crippen molar-refractivity contribution < 1.29 is 20.1 Å². The number of aliphatic hydroxyl groups excluding tert-OH is 1. The minimum Gasteiger partial charge on any atom is -0.481 e. The fourth-order valence-electron chi connectivity index (χ4n) is 12.1. The van der Waals surface area contributed by atoms with Crippen LogP contribution in [0.25, 0.3) is 0 Å². The van der Waals surface area contributed by atoms with E-state index < -0.39 is 17.0 Å². The van der Waals surface area contributed by atoms with E-state index in [-0.39, 0.29) is 45.5 Å². The van der Waals surface area contributed by atoms with Crippen molar-refractivity contribution in [2.75, 3.05) is 0 Å². The van der Waals surface area contributed by atoms with Crippen molar-refractivity contribution in [2.45, 2.75) is 124 Å². The van der Waals surface area contributed by atoms with E-state index in [9.17, 15) is 20.1 Å². The van der Waals surface area contributed by atoms with Crippen molar-refractivity contribution in [3.05, 3.63) is 0 Å². The Kier molecular flexibility index (Phi) is 5.34. The van der Waals surface area contributed by atoms with Gasteiger partial charge in [-0.25, -0.2) is 0 Å². The average molecular weight is 475 g/mol. The van der Waals surface area contributed by atoms with Gasteiger partial charge < -0.3 is 15.3 Å². The SMILES string of the molecule is CC(C)(O)[C@@H]1CC[C@@]2(C)[C@H]1[C@@H](O)C[C@]1(C)[C@@H]2CC[C@@H]2[C@@]3(C)CCC[C@@](C)(C(=O)O)[C@@H]3CC[C@]21C. The number of aliphatic hydroxyl groups is 2. The van der Waals surface area contributed by atoms with Crippen molar-refractivity contribution in [3.63, 3.8) is 0 Å². The minimum absolute atomic E-state index is 0.0418. The third-order valence-corrected chi connectivity index (χ3v) is 13.7. The summed E-state index contributed by atoms with van der Waals surface area (Å²) in [4.78, 5) is 12.5. The van der Waals surface area contributed by atoms with Gasteiger partial charge in [0, 0.05) is 0 Å². The maximum absolute atomic E-state index is 12.5. The topological polar surface area (TPSA) is 77.8 Å². The number of rotatable bonds is 2. The molecule has 5 saturated carbocycles. The molecule has 0 aromatic heterocycles. The summed E-state index contributed by atoms with van der Waals surface area (Å²) in [7, 11) is 0. The summed E-state index contributed by atoms with van der Waals surface area (Å²) >= 11 is 0. The quantitative estimate of drug-likeness (QED) is 0.440. The van der Waals surface area contributed by atoms with Gasteiger partial charge >= 0.3 is 5.97 Å². The van der Waals surface area contributed by atoms with Crippen LogP contribution < -0.4 is 0 Å². The molecule has 194 valence electrons. The van der Waals surface area contributed by atoms with E-state index in [4.69, 9.17) is 0 Å². The molecular weight excluding hydrogens is 424 g/mol. The number of carboxylic acids is 1. The molecule has 4 nitrogen and oxygen atoms in total. The zero-order chi connectivity index (χ0) is 25.1. The second-order valence-electron chi connectivity index (χ2n) is 15.3. The molecule has 5 fully saturated rings. The highest BCUT2D eigenvalue weighted by atomic mass is 16.4. The number of hydrogen-bond acceptors (Lipinski definition) is 3. The molecular formula is C30H50O4. The Hall–Kier alpha value is -0.610. The molecule has 34 heavy (non-hydrogen) atoms. The highest BCUT2D eigenvalue weighted by Crippen LogP contribution is 2.78. The number of carbonyl (C=O) groups is 1. The van der Waals surface area contributed by atoms with Crippen molar-refractivity contribution >= 4 is 5.97 Å². The smallest absolute Gasteiger partial charge is 0.309 e. The van der Waals surface area contributed by atoms with Crippen molar-refractivity contribution in [1.82, 2.24) is 0 Å². The molecule has 0 spiro atoms. The van der Waals surface area contributed by atoms with Gasteiger partial charge in [0.15, 0.2) is 0 Å². The Morgan fingerprint density at radius 2 is 1.41 bits per heavy atom. The van der Waals surface area contributed by atoms with Crippen molar-refractivity contribution in [1.29, 1.82) is 0 Å². The zero-order valence-corrected chi connectivity index (χ0v) is 22.8. The fraction of sp³-hybridized carbons (Fsp3) is 0.967. The van der Waals surface area contributed by atoms with Crippen LogP contribution in [0.4, 0.5) is 0 Å². The van der Waals surface area contributed by atoms with Crippen LogP contribution in [0, 0.1) is 56.7 Å². The molecule has 5 rings (SSSR count). The molecule has 4 heteroatoms. The molecule has 0 saturated heterocycles. The van der Waals surface area contributed by atoms with Crippen molar-refractivity contribution in [2.24, 2.45) is 56.7 Å². The first-order chi connectivity index (χ1) is 15.6. The van der Waals surface area contributed by atoms with Crippen LogP contribution in [-0.2, 0) is 4.79 Å². The molecule has 0 heterocycles. The van der Waals surface area contributed by atoms with E-state index >= 15 is 0 Å². The summed E-state index contributed by atoms with van der Waals surface area (Å²) in [5.74, 6) is 1.04. The first kappa shape index (κ1) is 25.1. The van der Waals surface area contributed by atoms with Crippen LogP contribution in [0.2, 0.25) is 0 Å². The molecule has 0 amide bonds. The minimum atomic E-state index is -0.757. The maximum Gasteiger partial charge on any atom is 0.309 e. The number of hydrogen-bond donors (Lipinski definition) is 3. The molecule has 0 radical (unpaired) electrons. The number of carboxylic acid groups (broad SMARTS) is 1. The Morgan fingerprint density at radius 1 is 0.794 bits per heavy atom. The molecule has 3 N–H and O–H groups in total. The predicted octanol–water partition coefficient (Wildman–Crippen LogP) is 6.28. The van der Waals surface area contributed by atoms with Crippen LogP contribution in [-0.4, -0.2) is 33.0 Å². The Labute approximate surface area is 207 Å². The van der Waals surface area contributed by atoms with E-state index in [0.29, 0.717) is 11.8 Å². The summed E-state index contributed by atoms with van der Waals surface area (Å²) < 4.78 is 0. The van der Waals surface area contributed by atoms with Crippen molar-refractivity contribution in [3.8, 4) is 0 Å². The van der Waals surface area contributed by atoms with Gasteiger partial charge in [-0.1, -0.05) is 34.1 Å². The molecule has 0 aromatic rings. The molecule has 5 aliphatic rings. The first-order valence-electron chi connectivity index (χ1n) is 14.2. The normalized spacial score (nSPS) is 57.2. The zero-order valence-electron chi connectivity index (χ0n) is 22.8. The highest BCUT2D eigenvalue weighted by Gasteiger charge is 2.72. The largest absolute Gasteiger partial charge is 0.481 e. The van der Waals surface area contributed by atoms with Crippen LogP contribution in [0.5, 0.6) is 0 Å². The highest BCUT2D eigenvalue weighted by molar-refractivity contribution is 5.75. The lowest BCUT2D eigenvalue weighted by molar-refractivity contribution is -0.261. The van der Waals surface area contributed by atoms with Gasteiger partial charge in [-0.3, -0.25) is 4.79 Å². The fourth-order valence-corrected chi connectivity index (χ4v) is 12.1. The van der Waals surface area contributed by atoms with Gasteiger partial charge in [-0.2, -0.15) is 0 Å². The van der Waals surface area contributed by atoms with Crippen LogP contribution >= 0.6 is 0 Å². The Balaban J connectivity index is 1.55. The lowest BCUT2D eigenvalue weighted by Crippen LogP contribution is -2.68. The van der Waals surface area contributed by atoms with Gasteiger partial charge in [0.2, 0.25) is 0 Å². The summed E-state index contributed by atoms with van der Waals surface area (Å²) in [5, 5.41) is 33.0. The van der Waals surface area contributed by atoms with E-state index in [2.05, 4.69) is 27.7 Å². The van der Waals surface area contributed by atoms with Crippen LogP contribution in [0.15, 0.2) is 0 Å². The number of aliphatic carboxylic acids is 1. The van der Waals surface area contributed by atoms with Gasteiger partial charge in [0.25, 0.3) is 0 Å².